The zero-order chi connectivity index (χ0) is 13.8. The predicted molar refractivity (Wildman–Crippen MR) is 79.5 cm³/mol. The number of hydrogen-bond acceptors (Lipinski definition) is 3. The van der Waals surface area contributed by atoms with Gasteiger partial charge in [0.2, 0.25) is 0 Å². The monoisotopic (exact) mass is 265 g/mol. The highest BCUT2D eigenvalue weighted by Gasteiger charge is 1.99. The Labute approximate surface area is 117 Å². The number of imidazole rings is 1. The van der Waals surface area contributed by atoms with Crippen LogP contribution in [0.1, 0.15) is 5.56 Å². The van der Waals surface area contributed by atoms with Crippen molar-refractivity contribution in [1.82, 2.24) is 19.3 Å². The van der Waals surface area contributed by atoms with Crippen molar-refractivity contribution in [3.8, 4) is 5.69 Å². The van der Waals surface area contributed by atoms with Gasteiger partial charge in [-0.15, -0.1) is 0 Å². The van der Waals surface area contributed by atoms with Crippen LogP contribution in [0.5, 0.6) is 0 Å². The SMILES string of the molecule is C=Cn1cc(CNc2cccc(-n3ccnc3)c2)cn1. The molecule has 0 atom stereocenters. The average molecular weight is 265 g/mol. The summed E-state index contributed by atoms with van der Waals surface area (Å²) in [6.45, 7) is 4.40. The topological polar surface area (TPSA) is 47.7 Å². The van der Waals surface area contributed by atoms with Crippen LogP contribution in [0.4, 0.5) is 5.69 Å². The van der Waals surface area contributed by atoms with E-state index in [4.69, 9.17) is 0 Å². The first kappa shape index (κ1) is 12.2. The van der Waals surface area contributed by atoms with Gasteiger partial charge in [0, 0.05) is 48.3 Å². The quantitative estimate of drug-likeness (QED) is 0.771. The van der Waals surface area contributed by atoms with Crippen LogP contribution in [0.2, 0.25) is 0 Å². The summed E-state index contributed by atoms with van der Waals surface area (Å²) in [4.78, 5) is 4.06. The van der Waals surface area contributed by atoms with Gasteiger partial charge >= 0.3 is 0 Å². The number of anilines is 1. The molecule has 100 valence electrons. The van der Waals surface area contributed by atoms with E-state index in [1.54, 1.807) is 23.4 Å². The molecular formula is C15H15N5. The van der Waals surface area contributed by atoms with Crippen molar-refractivity contribution in [3.63, 3.8) is 0 Å². The van der Waals surface area contributed by atoms with Crippen molar-refractivity contribution in [1.29, 1.82) is 0 Å². The first-order valence-corrected chi connectivity index (χ1v) is 6.33. The van der Waals surface area contributed by atoms with Crippen LogP contribution in [-0.2, 0) is 6.54 Å². The fourth-order valence-corrected chi connectivity index (χ4v) is 1.96. The third kappa shape index (κ3) is 2.61. The van der Waals surface area contributed by atoms with Crippen LogP contribution >= 0.6 is 0 Å². The highest BCUT2D eigenvalue weighted by atomic mass is 15.2. The first-order chi connectivity index (χ1) is 9.85. The summed E-state index contributed by atoms with van der Waals surface area (Å²) in [6, 6.07) is 8.19. The van der Waals surface area contributed by atoms with Crippen molar-refractivity contribution in [2.75, 3.05) is 5.32 Å². The molecular weight excluding hydrogens is 250 g/mol. The normalized spacial score (nSPS) is 10.4. The summed E-state index contributed by atoms with van der Waals surface area (Å²) in [5.74, 6) is 0. The molecule has 0 aliphatic rings. The third-order valence-corrected chi connectivity index (χ3v) is 2.99. The molecule has 0 saturated heterocycles. The third-order valence-electron chi connectivity index (χ3n) is 2.99. The summed E-state index contributed by atoms with van der Waals surface area (Å²) < 4.78 is 3.67. The minimum atomic E-state index is 0.723. The summed E-state index contributed by atoms with van der Waals surface area (Å²) in [5, 5.41) is 7.53. The zero-order valence-corrected chi connectivity index (χ0v) is 11.0. The van der Waals surface area contributed by atoms with E-state index in [2.05, 4.69) is 28.0 Å². The van der Waals surface area contributed by atoms with Gasteiger partial charge in [-0.25, -0.2) is 9.67 Å². The lowest BCUT2D eigenvalue weighted by Gasteiger charge is -2.07. The van der Waals surface area contributed by atoms with E-state index in [1.807, 2.05) is 41.4 Å². The van der Waals surface area contributed by atoms with E-state index < -0.39 is 0 Å². The lowest BCUT2D eigenvalue weighted by molar-refractivity contribution is 0.936. The fourth-order valence-electron chi connectivity index (χ4n) is 1.96. The molecule has 0 unspecified atom stereocenters. The van der Waals surface area contributed by atoms with Crippen LogP contribution < -0.4 is 5.32 Å². The van der Waals surface area contributed by atoms with Crippen LogP contribution in [0.25, 0.3) is 11.9 Å². The summed E-state index contributed by atoms with van der Waals surface area (Å²) >= 11 is 0. The summed E-state index contributed by atoms with van der Waals surface area (Å²) in [6.07, 6.45) is 10.9. The summed E-state index contributed by atoms with van der Waals surface area (Å²) in [5.41, 5.74) is 3.25. The number of aromatic nitrogens is 4. The number of hydrogen-bond donors (Lipinski definition) is 1. The van der Waals surface area contributed by atoms with Gasteiger partial charge < -0.3 is 9.88 Å². The van der Waals surface area contributed by atoms with Crippen molar-refractivity contribution in [2.24, 2.45) is 0 Å². The number of nitrogens with zero attached hydrogens (tertiary/aromatic N) is 4. The van der Waals surface area contributed by atoms with Crippen LogP contribution in [0.3, 0.4) is 0 Å². The standard InChI is InChI=1S/C15H15N5/c1-2-20-11-13(10-18-20)9-17-14-4-3-5-15(8-14)19-7-6-16-12-19/h2-8,10-12,17H,1,9H2. The molecule has 2 aromatic heterocycles. The lowest BCUT2D eigenvalue weighted by atomic mass is 10.2. The molecule has 0 fully saturated rings. The largest absolute Gasteiger partial charge is 0.381 e. The molecule has 0 spiro atoms. The Bertz CT molecular complexity index is 697. The molecule has 5 heteroatoms. The molecule has 1 N–H and O–H groups in total. The van der Waals surface area contributed by atoms with E-state index in [9.17, 15) is 0 Å². The van der Waals surface area contributed by atoms with Gasteiger partial charge in [0.15, 0.2) is 0 Å². The molecule has 0 aliphatic carbocycles. The van der Waals surface area contributed by atoms with E-state index >= 15 is 0 Å². The molecule has 0 bridgehead atoms. The smallest absolute Gasteiger partial charge is 0.0991 e. The molecule has 3 rings (SSSR count). The van der Waals surface area contributed by atoms with Crippen molar-refractivity contribution < 1.29 is 0 Å². The van der Waals surface area contributed by atoms with Crippen LogP contribution in [-0.4, -0.2) is 19.3 Å². The second-order valence-corrected chi connectivity index (χ2v) is 4.39. The Morgan fingerprint density at radius 1 is 1.35 bits per heavy atom. The maximum atomic E-state index is 4.15. The second-order valence-electron chi connectivity index (χ2n) is 4.39. The highest BCUT2D eigenvalue weighted by molar-refractivity contribution is 5.51. The maximum Gasteiger partial charge on any atom is 0.0991 e. The maximum absolute atomic E-state index is 4.15. The second kappa shape index (κ2) is 5.44. The summed E-state index contributed by atoms with van der Waals surface area (Å²) in [7, 11) is 0. The Morgan fingerprint density at radius 3 is 3.05 bits per heavy atom. The molecule has 0 amide bonds. The van der Waals surface area contributed by atoms with Gasteiger partial charge in [0.25, 0.3) is 0 Å². The Hall–Kier alpha value is -2.82. The lowest BCUT2D eigenvalue weighted by Crippen LogP contribution is -1.99. The van der Waals surface area contributed by atoms with E-state index in [1.165, 1.54) is 0 Å². The number of nitrogens with one attached hydrogen (secondary N) is 1. The number of benzene rings is 1. The van der Waals surface area contributed by atoms with Gasteiger partial charge in [0.05, 0.1) is 12.5 Å². The molecule has 1 aromatic carbocycles. The Morgan fingerprint density at radius 2 is 2.30 bits per heavy atom. The van der Waals surface area contributed by atoms with Gasteiger partial charge in [-0.05, 0) is 18.2 Å². The van der Waals surface area contributed by atoms with Crippen molar-refractivity contribution in [3.05, 3.63) is 67.5 Å². The van der Waals surface area contributed by atoms with E-state index in [0.29, 0.717) is 0 Å². The molecule has 0 saturated carbocycles. The average Bonchev–Trinajstić information content (AvgIpc) is 3.17. The van der Waals surface area contributed by atoms with Gasteiger partial charge in [-0.1, -0.05) is 12.6 Å². The van der Waals surface area contributed by atoms with E-state index in [-0.39, 0.29) is 0 Å². The predicted octanol–water partition coefficient (Wildman–Crippen LogP) is 2.78. The fraction of sp³-hybridized carbons (Fsp3) is 0.0667. The molecule has 3 aromatic rings. The molecule has 0 aliphatic heterocycles. The molecule has 0 radical (unpaired) electrons. The molecule has 2 heterocycles. The van der Waals surface area contributed by atoms with Gasteiger partial charge in [-0.2, -0.15) is 5.10 Å². The zero-order valence-electron chi connectivity index (χ0n) is 11.0. The van der Waals surface area contributed by atoms with Gasteiger partial charge in [-0.3, -0.25) is 0 Å². The van der Waals surface area contributed by atoms with Gasteiger partial charge in [0.1, 0.15) is 0 Å². The van der Waals surface area contributed by atoms with Crippen LogP contribution in [0.15, 0.2) is 62.0 Å². The number of rotatable bonds is 5. The van der Waals surface area contributed by atoms with Crippen LogP contribution in [0, 0.1) is 0 Å². The van der Waals surface area contributed by atoms with Crippen molar-refractivity contribution in [2.45, 2.75) is 6.54 Å². The first-order valence-electron chi connectivity index (χ1n) is 6.33. The highest BCUT2D eigenvalue weighted by Crippen LogP contribution is 2.15. The minimum Gasteiger partial charge on any atom is -0.381 e. The Kier molecular flexibility index (Phi) is 3.33. The molecule has 20 heavy (non-hydrogen) atoms. The van der Waals surface area contributed by atoms with Crippen molar-refractivity contribution >= 4 is 11.9 Å². The molecule has 5 nitrogen and oxygen atoms in total. The minimum absolute atomic E-state index is 0.723. The Balaban J connectivity index is 1.71. The van der Waals surface area contributed by atoms with E-state index in [0.717, 1.165) is 23.5 Å².